The molecule has 0 aliphatic carbocycles. The molecule has 1 saturated heterocycles. The fourth-order valence-electron chi connectivity index (χ4n) is 3.97. The highest BCUT2D eigenvalue weighted by molar-refractivity contribution is 5.80. The molecule has 4 rings (SSSR count). The summed E-state index contributed by atoms with van der Waals surface area (Å²) < 4.78 is 7.80. The first kappa shape index (κ1) is 16.2. The SMILES string of the molecule is CCN1CCC[C@H]1Cn1c(-c2cccc(OC)c2)nc2ccccc21. The molecule has 0 bridgehead atoms. The number of para-hydroxylation sites is 2. The van der Waals surface area contributed by atoms with Crippen LogP contribution < -0.4 is 4.74 Å². The monoisotopic (exact) mass is 335 g/mol. The minimum Gasteiger partial charge on any atom is -0.497 e. The van der Waals surface area contributed by atoms with Gasteiger partial charge in [-0.05, 0) is 50.2 Å². The van der Waals surface area contributed by atoms with Crippen LogP contribution in [0.4, 0.5) is 0 Å². The van der Waals surface area contributed by atoms with Gasteiger partial charge in [0.05, 0.1) is 18.1 Å². The summed E-state index contributed by atoms with van der Waals surface area (Å²) in [5, 5.41) is 0. The summed E-state index contributed by atoms with van der Waals surface area (Å²) in [5.74, 6) is 1.90. The number of ether oxygens (including phenoxy) is 1. The first-order valence-electron chi connectivity index (χ1n) is 9.14. The van der Waals surface area contributed by atoms with Crippen molar-refractivity contribution in [2.45, 2.75) is 32.4 Å². The van der Waals surface area contributed by atoms with Crippen LogP contribution in [0.3, 0.4) is 0 Å². The molecular formula is C21H25N3O. The normalized spacial score (nSPS) is 18.1. The molecule has 1 fully saturated rings. The molecule has 0 spiro atoms. The van der Waals surface area contributed by atoms with E-state index < -0.39 is 0 Å². The van der Waals surface area contributed by atoms with E-state index >= 15 is 0 Å². The van der Waals surface area contributed by atoms with Gasteiger partial charge in [-0.2, -0.15) is 0 Å². The van der Waals surface area contributed by atoms with Crippen molar-refractivity contribution in [2.24, 2.45) is 0 Å². The number of benzene rings is 2. The van der Waals surface area contributed by atoms with E-state index in [2.05, 4.69) is 52.8 Å². The molecule has 4 nitrogen and oxygen atoms in total. The summed E-state index contributed by atoms with van der Waals surface area (Å²) in [5.41, 5.74) is 3.38. The molecule has 130 valence electrons. The van der Waals surface area contributed by atoms with E-state index in [4.69, 9.17) is 9.72 Å². The van der Waals surface area contributed by atoms with Crippen molar-refractivity contribution in [2.75, 3.05) is 20.2 Å². The van der Waals surface area contributed by atoms with Gasteiger partial charge in [0.25, 0.3) is 0 Å². The molecule has 0 N–H and O–H groups in total. The third-order valence-electron chi connectivity index (χ3n) is 5.28. The Morgan fingerprint density at radius 2 is 2.04 bits per heavy atom. The Kier molecular flexibility index (Phi) is 4.45. The Morgan fingerprint density at radius 1 is 1.16 bits per heavy atom. The number of rotatable bonds is 5. The molecule has 4 heteroatoms. The molecule has 1 atom stereocenters. The van der Waals surface area contributed by atoms with Crippen LogP contribution in [-0.2, 0) is 6.54 Å². The summed E-state index contributed by atoms with van der Waals surface area (Å²) >= 11 is 0. The molecular weight excluding hydrogens is 310 g/mol. The second kappa shape index (κ2) is 6.89. The summed E-state index contributed by atoms with van der Waals surface area (Å²) in [7, 11) is 1.71. The van der Waals surface area contributed by atoms with Crippen LogP contribution in [-0.4, -0.2) is 40.7 Å². The zero-order valence-corrected chi connectivity index (χ0v) is 15.0. The van der Waals surface area contributed by atoms with E-state index in [0.29, 0.717) is 6.04 Å². The number of nitrogens with zero attached hydrogens (tertiary/aromatic N) is 3. The highest BCUT2D eigenvalue weighted by Crippen LogP contribution is 2.29. The van der Waals surface area contributed by atoms with Crippen LogP contribution in [0.25, 0.3) is 22.4 Å². The van der Waals surface area contributed by atoms with Crippen LogP contribution in [0.5, 0.6) is 5.75 Å². The number of likely N-dealkylation sites (N-methyl/N-ethyl adjacent to an activating group) is 1. The van der Waals surface area contributed by atoms with Gasteiger partial charge in [0.2, 0.25) is 0 Å². The van der Waals surface area contributed by atoms with Crippen molar-refractivity contribution in [1.29, 1.82) is 0 Å². The van der Waals surface area contributed by atoms with Crippen LogP contribution >= 0.6 is 0 Å². The van der Waals surface area contributed by atoms with Crippen molar-refractivity contribution >= 4 is 11.0 Å². The summed E-state index contributed by atoms with van der Waals surface area (Å²) in [6.07, 6.45) is 2.55. The topological polar surface area (TPSA) is 30.3 Å². The molecule has 1 aliphatic heterocycles. The lowest BCUT2D eigenvalue weighted by Crippen LogP contribution is -2.32. The fraction of sp³-hybridized carbons (Fsp3) is 0.381. The van der Waals surface area contributed by atoms with Gasteiger partial charge in [-0.1, -0.05) is 31.2 Å². The second-order valence-corrected chi connectivity index (χ2v) is 6.69. The molecule has 25 heavy (non-hydrogen) atoms. The molecule has 2 aromatic carbocycles. The summed E-state index contributed by atoms with van der Waals surface area (Å²) in [4.78, 5) is 7.53. The second-order valence-electron chi connectivity index (χ2n) is 6.69. The Labute approximate surface area is 149 Å². The maximum atomic E-state index is 5.41. The number of aromatic nitrogens is 2. The average Bonchev–Trinajstić information content (AvgIpc) is 3.27. The predicted octanol–water partition coefficient (Wildman–Crippen LogP) is 4.20. The van der Waals surface area contributed by atoms with Gasteiger partial charge in [-0.15, -0.1) is 0 Å². The molecule has 1 aliphatic rings. The Hall–Kier alpha value is -2.33. The summed E-state index contributed by atoms with van der Waals surface area (Å²) in [6, 6.07) is 17.2. The van der Waals surface area contributed by atoms with E-state index in [1.165, 1.54) is 24.9 Å². The van der Waals surface area contributed by atoms with Crippen LogP contribution in [0.2, 0.25) is 0 Å². The van der Waals surface area contributed by atoms with Gasteiger partial charge in [0.15, 0.2) is 0 Å². The van der Waals surface area contributed by atoms with E-state index in [9.17, 15) is 0 Å². The molecule has 0 radical (unpaired) electrons. The van der Waals surface area contributed by atoms with Crippen molar-refractivity contribution in [3.8, 4) is 17.1 Å². The molecule has 1 aromatic heterocycles. The van der Waals surface area contributed by atoms with E-state index in [1.807, 2.05) is 12.1 Å². The smallest absolute Gasteiger partial charge is 0.141 e. The molecule has 2 heterocycles. The Bertz CT molecular complexity index is 870. The van der Waals surface area contributed by atoms with Crippen molar-refractivity contribution in [3.63, 3.8) is 0 Å². The third kappa shape index (κ3) is 3.02. The van der Waals surface area contributed by atoms with E-state index in [-0.39, 0.29) is 0 Å². The minimum atomic E-state index is 0.590. The first-order valence-corrected chi connectivity index (χ1v) is 9.14. The highest BCUT2D eigenvalue weighted by Gasteiger charge is 2.25. The standard InChI is InChI=1S/C21H25N3O/c1-3-23-13-7-9-17(23)15-24-20-12-5-4-11-19(20)22-21(24)16-8-6-10-18(14-16)25-2/h4-6,8,10-12,14,17H,3,7,9,13,15H2,1-2H3/t17-/m0/s1. The lowest BCUT2D eigenvalue weighted by atomic mass is 10.1. The minimum absolute atomic E-state index is 0.590. The van der Waals surface area contributed by atoms with Gasteiger partial charge in [0, 0.05) is 18.2 Å². The van der Waals surface area contributed by atoms with Crippen molar-refractivity contribution in [3.05, 3.63) is 48.5 Å². The van der Waals surface area contributed by atoms with Crippen LogP contribution in [0, 0.1) is 0 Å². The number of hydrogen-bond donors (Lipinski definition) is 0. The van der Waals surface area contributed by atoms with Crippen LogP contribution in [0.1, 0.15) is 19.8 Å². The maximum absolute atomic E-state index is 5.41. The zero-order valence-electron chi connectivity index (χ0n) is 15.0. The number of imidazole rings is 1. The van der Waals surface area contributed by atoms with Gasteiger partial charge in [-0.3, -0.25) is 4.90 Å². The van der Waals surface area contributed by atoms with Crippen LogP contribution in [0.15, 0.2) is 48.5 Å². The highest BCUT2D eigenvalue weighted by atomic mass is 16.5. The van der Waals surface area contributed by atoms with Gasteiger partial charge < -0.3 is 9.30 Å². The number of methoxy groups -OCH3 is 1. The maximum Gasteiger partial charge on any atom is 0.141 e. The van der Waals surface area contributed by atoms with E-state index in [1.54, 1.807) is 7.11 Å². The molecule has 0 saturated carbocycles. The predicted molar refractivity (Wildman–Crippen MR) is 102 cm³/mol. The average molecular weight is 335 g/mol. The molecule has 0 unspecified atom stereocenters. The zero-order chi connectivity index (χ0) is 17.2. The van der Waals surface area contributed by atoms with Gasteiger partial charge in [-0.25, -0.2) is 4.98 Å². The lowest BCUT2D eigenvalue weighted by Gasteiger charge is -2.24. The Balaban J connectivity index is 1.80. The first-order chi connectivity index (χ1) is 12.3. The molecule has 0 amide bonds. The largest absolute Gasteiger partial charge is 0.497 e. The lowest BCUT2D eigenvalue weighted by molar-refractivity contribution is 0.246. The van der Waals surface area contributed by atoms with Gasteiger partial charge >= 0.3 is 0 Å². The van der Waals surface area contributed by atoms with E-state index in [0.717, 1.165) is 35.7 Å². The van der Waals surface area contributed by atoms with Crippen molar-refractivity contribution < 1.29 is 4.74 Å². The fourth-order valence-corrected chi connectivity index (χ4v) is 3.97. The van der Waals surface area contributed by atoms with Gasteiger partial charge in [0.1, 0.15) is 11.6 Å². The third-order valence-corrected chi connectivity index (χ3v) is 5.28. The number of likely N-dealkylation sites (tertiary alicyclic amines) is 1. The van der Waals surface area contributed by atoms with Crippen molar-refractivity contribution in [1.82, 2.24) is 14.5 Å². The Morgan fingerprint density at radius 3 is 2.88 bits per heavy atom. The molecule has 3 aromatic rings. The quantitative estimate of drug-likeness (QED) is 0.700. The number of fused-ring (bicyclic) bond motifs is 1. The number of hydrogen-bond acceptors (Lipinski definition) is 3. The summed E-state index contributed by atoms with van der Waals surface area (Å²) in [6.45, 7) is 5.57.